The average molecular weight is 317 g/mol. The molecule has 0 aromatic carbocycles. The Morgan fingerprint density at radius 1 is 1.19 bits per heavy atom. The van der Waals surface area contributed by atoms with E-state index in [0.717, 1.165) is 25.7 Å². The van der Waals surface area contributed by atoms with E-state index in [-0.39, 0.29) is 5.91 Å². The van der Waals surface area contributed by atoms with E-state index in [0.29, 0.717) is 38.6 Å². The van der Waals surface area contributed by atoms with Crippen LogP contribution in [0.3, 0.4) is 0 Å². The first kappa shape index (κ1) is 16.7. The van der Waals surface area contributed by atoms with Crippen LogP contribution in [0.2, 0.25) is 0 Å². The third-order valence-corrected chi connectivity index (χ3v) is 6.37. The Bertz CT molecular complexity index is 476. The van der Waals surface area contributed by atoms with E-state index in [1.165, 1.54) is 10.6 Å². The molecule has 0 atom stereocenters. The summed E-state index contributed by atoms with van der Waals surface area (Å²) >= 11 is 0. The van der Waals surface area contributed by atoms with Crippen molar-refractivity contribution in [3.8, 4) is 0 Å². The molecule has 21 heavy (non-hydrogen) atoms. The molecule has 0 spiro atoms. The maximum absolute atomic E-state index is 12.8. The number of carbonyl (C=O) groups is 1. The number of hydrogen-bond acceptors (Lipinski definition) is 4. The van der Waals surface area contributed by atoms with E-state index < -0.39 is 15.4 Å². The van der Waals surface area contributed by atoms with Crippen molar-refractivity contribution in [1.29, 1.82) is 0 Å². The van der Waals surface area contributed by atoms with Gasteiger partial charge >= 0.3 is 0 Å². The molecule has 2 N–H and O–H groups in total. The number of carbonyl (C=O) groups excluding carboxylic acids is 1. The normalized spacial score (nSPS) is 32.1. The Labute approximate surface area is 127 Å². The van der Waals surface area contributed by atoms with Gasteiger partial charge in [0.1, 0.15) is 0 Å². The molecule has 1 amide bonds. The summed E-state index contributed by atoms with van der Waals surface area (Å²) in [6, 6.07) is 0. The van der Waals surface area contributed by atoms with Crippen LogP contribution in [0.5, 0.6) is 0 Å². The van der Waals surface area contributed by atoms with Crippen LogP contribution in [0.15, 0.2) is 0 Å². The van der Waals surface area contributed by atoms with Gasteiger partial charge in [-0.05, 0) is 31.6 Å². The van der Waals surface area contributed by atoms with Crippen molar-refractivity contribution in [2.24, 2.45) is 17.1 Å². The summed E-state index contributed by atoms with van der Waals surface area (Å²) in [6.07, 6.45) is 5.03. The molecular weight excluding hydrogens is 290 g/mol. The lowest BCUT2D eigenvalue weighted by molar-refractivity contribution is -0.145. The number of piperazine rings is 1. The van der Waals surface area contributed by atoms with E-state index in [1.54, 1.807) is 0 Å². The quantitative estimate of drug-likeness (QED) is 0.808. The average Bonchev–Trinajstić information content (AvgIpc) is 2.47. The Morgan fingerprint density at radius 2 is 1.71 bits per heavy atom. The van der Waals surface area contributed by atoms with Crippen molar-refractivity contribution < 1.29 is 13.2 Å². The molecule has 1 saturated heterocycles. The minimum atomic E-state index is -3.16. The second-order valence-electron chi connectivity index (χ2n) is 6.62. The monoisotopic (exact) mass is 317 g/mol. The van der Waals surface area contributed by atoms with Gasteiger partial charge in [0.2, 0.25) is 15.9 Å². The summed E-state index contributed by atoms with van der Waals surface area (Å²) < 4.78 is 24.5. The Morgan fingerprint density at radius 3 is 2.14 bits per heavy atom. The molecule has 0 bridgehead atoms. The number of rotatable bonds is 3. The third-order valence-electron chi connectivity index (χ3n) is 5.07. The second kappa shape index (κ2) is 6.22. The van der Waals surface area contributed by atoms with Crippen molar-refractivity contribution in [2.75, 3.05) is 39.0 Å². The fourth-order valence-corrected chi connectivity index (χ4v) is 4.20. The summed E-state index contributed by atoms with van der Waals surface area (Å²) in [5.74, 6) is 0.796. The highest BCUT2D eigenvalue weighted by Gasteiger charge is 2.43. The first-order valence-corrected chi connectivity index (χ1v) is 9.58. The van der Waals surface area contributed by atoms with Crippen LogP contribution in [-0.4, -0.2) is 62.5 Å². The summed E-state index contributed by atoms with van der Waals surface area (Å²) in [5, 5.41) is 0. The lowest BCUT2D eigenvalue weighted by Gasteiger charge is -2.43. The summed E-state index contributed by atoms with van der Waals surface area (Å²) in [5.41, 5.74) is 5.52. The Kier molecular flexibility index (Phi) is 4.95. The van der Waals surface area contributed by atoms with Gasteiger partial charge in [0.15, 0.2) is 0 Å². The highest BCUT2D eigenvalue weighted by Crippen LogP contribution is 2.39. The fraction of sp³-hybridized carbons (Fsp3) is 0.929. The Hall–Kier alpha value is -0.660. The van der Waals surface area contributed by atoms with Crippen molar-refractivity contribution >= 4 is 15.9 Å². The molecular formula is C14H27N3O3S. The molecule has 7 heteroatoms. The number of sulfonamides is 1. The van der Waals surface area contributed by atoms with Crippen LogP contribution in [0.4, 0.5) is 0 Å². The van der Waals surface area contributed by atoms with E-state index >= 15 is 0 Å². The standard InChI is InChI=1S/C14H27N3O3S/c1-12-3-5-14(11-15,6-4-12)13(18)16-7-9-17(10-8-16)21(2,19)20/h12H,3-11,15H2,1-2H3. The molecule has 1 aliphatic carbocycles. The molecule has 2 rings (SSSR count). The van der Waals surface area contributed by atoms with Gasteiger partial charge in [0.05, 0.1) is 11.7 Å². The van der Waals surface area contributed by atoms with Crippen LogP contribution in [-0.2, 0) is 14.8 Å². The van der Waals surface area contributed by atoms with Crippen LogP contribution in [0.1, 0.15) is 32.6 Å². The van der Waals surface area contributed by atoms with Gasteiger partial charge < -0.3 is 10.6 Å². The van der Waals surface area contributed by atoms with Crippen LogP contribution < -0.4 is 5.73 Å². The fourth-order valence-electron chi connectivity index (χ4n) is 3.38. The van der Waals surface area contributed by atoms with Crippen molar-refractivity contribution in [3.63, 3.8) is 0 Å². The van der Waals surface area contributed by atoms with Gasteiger partial charge in [-0.3, -0.25) is 4.79 Å². The zero-order valence-electron chi connectivity index (χ0n) is 13.0. The van der Waals surface area contributed by atoms with Crippen LogP contribution in [0, 0.1) is 11.3 Å². The maximum atomic E-state index is 12.8. The molecule has 1 aliphatic heterocycles. The van der Waals surface area contributed by atoms with Gasteiger partial charge in [-0.2, -0.15) is 4.31 Å². The molecule has 0 aromatic rings. The van der Waals surface area contributed by atoms with Crippen LogP contribution in [0.25, 0.3) is 0 Å². The number of amides is 1. The molecule has 0 unspecified atom stereocenters. The van der Waals surface area contributed by atoms with E-state index in [4.69, 9.17) is 5.73 Å². The molecule has 122 valence electrons. The minimum absolute atomic E-state index is 0.130. The summed E-state index contributed by atoms with van der Waals surface area (Å²) in [6.45, 7) is 4.34. The lowest BCUT2D eigenvalue weighted by atomic mass is 9.70. The zero-order chi connectivity index (χ0) is 15.7. The molecule has 0 radical (unpaired) electrons. The van der Waals surface area contributed by atoms with Gasteiger partial charge in [-0.25, -0.2) is 8.42 Å². The first-order chi connectivity index (χ1) is 9.78. The lowest BCUT2D eigenvalue weighted by Crippen LogP contribution is -2.56. The van der Waals surface area contributed by atoms with Gasteiger partial charge in [0.25, 0.3) is 0 Å². The molecule has 1 saturated carbocycles. The Balaban J connectivity index is 2.00. The highest BCUT2D eigenvalue weighted by atomic mass is 32.2. The smallest absolute Gasteiger partial charge is 0.230 e. The molecule has 0 aromatic heterocycles. The van der Waals surface area contributed by atoms with E-state index in [9.17, 15) is 13.2 Å². The molecule has 1 heterocycles. The number of nitrogens with zero attached hydrogens (tertiary/aromatic N) is 2. The predicted octanol–water partition coefficient (Wildman–Crippen LogP) is 0.245. The molecule has 6 nitrogen and oxygen atoms in total. The van der Waals surface area contributed by atoms with E-state index in [2.05, 4.69) is 6.92 Å². The van der Waals surface area contributed by atoms with E-state index in [1.807, 2.05) is 4.90 Å². The third kappa shape index (κ3) is 3.57. The number of nitrogens with two attached hydrogens (primary N) is 1. The SMILES string of the molecule is CC1CCC(CN)(C(=O)N2CCN(S(C)(=O)=O)CC2)CC1. The maximum Gasteiger partial charge on any atom is 0.230 e. The summed E-state index contributed by atoms with van der Waals surface area (Å²) in [4.78, 5) is 14.7. The largest absolute Gasteiger partial charge is 0.340 e. The first-order valence-electron chi connectivity index (χ1n) is 7.73. The molecule has 2 fully saturated rings. The van der Waals surface area contributed by atoms with Crippen LogP contribution >= 0.6 is 0 Å². The van der Waals surface area contributed by atoms with Gasteiger partial charge in [-0.1, -0.05) is 6.92 Å². The van der Waals surface area contributed by atoms with Crippen molar-refractivity contribution in [1.82, 2.24) is 9.21 Å². The predicted molar refractivity (Wildman–Crippen MR) is 82.1 cm³/mol. The number of hydrogen-bond donors (Lipinski definition) is 1. The van der Waals surface area contributed by atoms with Crippen molar-refractivity contribution in [2.45, 2.75) is 32.6 Å². The minimum Gasteiger partial charge on any atom is -0.340 e. The van der Waals surface area contributed by atoms with Gasteiger partial charge in [-0.15, -0.1) is 0 Å². The highest BCUT2D eigenvalue weighted by molar-refractivity contribution is 7.88. The van der Waals surface area contributed by atoms with Crippen molar-refractivity contribution in [3.05, 3.63) is 0 Å². The zero-order valence-corrected chi connectivity index (χ0v) is 13.9. The topological polar surface area (TPSA) is 83.7 Å². The van der Waals surface area contributed by atoms with Gasteiger partial charge in [0, 0.05) is 32.7 Å². The second-order valence-corrected chi connectivity index (χ2v) is 8.60. The summed E-state index contributed by atoms with van der Waals surface area (Å²) in [7, 11) is -3.16. The molecule has 2 aliphatic rings.